The Morgan fingerprint density at radius 1 is 1.00 bits per heavy atom. The highest BCUT2D eigenvalue weighted by Gasteiger charge is 2.20. The number of hydrogen-bond acceptors (Lipinski definition) is 7. The molecular formula is C23H29N3O5S. The summed E-state index contributed by atoms with van der Waals surface area (Å²) in [5, 5.41) is 6.99. The Morgan fingerprint density at radius 3 is 2.53 bits per heavy atom. The molecule has 0 spiro atoms. The second-order valence-electron chi connectivity index (χ2n) is 7.28. The number of benzene rings is 2. The number of hydrogen-bond donors (Lipinski definition) is 2. The zero-order valence-electron chi connectivity index (χ0n) is 18.4. The lowest BCUT2D eigenvalue weighted by molar-refractivity contribution is 0.122. The lowest BCUT2D eigenvalue weighted by Gasteiger charge is -2.31. The van der Waals surface area contributed by atoms with Crippen LogP contribution in [0.25, 0.3) is 0 Å². The largest absolute Gasteiger partial charge is 0.492 e. The van der Waals surface area contributed by atoms with Gasteiger partial charge in [-0.1, -0.05) is 6.07 Å². The van der Waals surface area contributed by atoms with Crippen LogP contribution in [0, 0.1) is 0 Å². The molecule has 0 bridgehead atoms. The first-order valence-electron chi connectivity index (χ1n) is 10.9. The van der Waals surface area contributed by atoms with Crippen molar-refractivity contribution in [3.05, 3.63) is 35.9 Å². The van der Waals surface area contributed by atoms with Gasteiger partial charge in [-0.15, -0.1) is 0 Å². The molecule has 2 aromatic rings. The molecule has 172 valence electrons. The van der Waals surface area contributed by atoms with E-state index in [1.165, 1.54) is 0 Å². The van der Waals surface area contributed by atoms with Crippen molar-refractivity contribution in [3.8, 4) is 23.0 Å². The lowest BCUT2D eigenvalue weighted by atomic mass is 10.2. The molecule has 0 unspecified atom stereocenters. The maximum atomic E-state index is 5.95. The van der Waals surface area contributed by atoms with Crippen LogP contribution in [0.15, 0.2) is 30.3 Å². The van der Waals surface area contributed by atoms with Crippen molar-refractivity contribution in [2.75, 3.05) is 56.5 Å². The lowest BCUT2D eigenvalue weighted by Crippen LogP contribution is -2.36. The number of morpholine rings is 1. The minimum absolute atomic E-state index is 0.259. The summed E-state index contributed by atoms with van der Waals surface area (Å²) in [5.41, 5.74) is 2.81. The van der Waals surface area contributed by atoms with E-state index in [2.05, 4.69) is 15.5 Å². The molecule has 0 radical (unpaired) electrons. The van der Waals surface area contributed by atoms with E-state index in [1.807, 2.05) is 44.2 Å². The van der Waals surface area contributed by atoms with Crippen molar-refractivity contribution in [1.29, 1.82) is 0 Å². The van der Waals surface area contributed by atoms with E-state index >= 15 is 0 Å². The van der Waals surface area contributed by atoms with Gasteiger partial charge in [0.1, 0.15) is 11.5 Å². The molecule has 0 amide bonds. The van der Waals surface area contributed by atoms with Gasteiger partial charge in [0.15, 0.2) is 16.6 Å². The predicted octanol–water partition coefficient (Wildman–Crippen LogP) is 3.54. The SMILES string of the molecule is CCOc1cc(N2CCOCC2)c(OCC)cc1NC(=S)NCc1ccc2c(c1)OCO2. The molecule has 9 heteroatoms. The van der Waals surface area contributed by atoms with Gasteiger partial charge in [-0.2, -0.15) is 0 Å². The molecule has 4 rings (SSSR count). The molecule has 0 atom stereocenters. The fourth-order valence-corrected chi connectivity index (χ4v) is 3.83. The number of anilines is 2. The zero-order valence-corrected chi connectivity index (χ0v) is 19.3. The van der Waals surface area contributed by atoms with Gasteiger partial charge in [0.2, 0.25) is 6.79 Å². The van der Waals surface area contributed by atoms with Crippen molar-refractivity contribution in [1.82, 2.24) is 5.32 Å². The fraction of sp³-hybridized carbons (Fsp3) is 0.435. The molecule has 2 aliphatic rings. The van der Waals surface area contributed by atoms with Crippen LogP contribution in [-0.4, -0.2) is 51.4 Å². The van der Waals surface area contributed by atoms with Crippen molar-refractivity contribution < 1.29 is 23.7 Å². The molecule has 0 saturated carbocycles. The van der Waals surface area contributed by atoms with Gasteiger partial charge in [0.05, 0.1) is 37.8 Å². The normalized spacial score (nSPS) is 14.8. The summed E-state index contributed by atoms with van der Waals surface area (Å²) >= 11 is 5.54. The average Bonchev–Trinajstić information content (AvgIpc) is 3.28. The molecule has 2 N–H and O–H groups in total. The number of thiocarbonyl (C=S) groups is 1. The molecule has 32 heavy (non-hydrogen) atoms. The summed E-state index contributed by atoms with van der Waals surface area (Å²) in [7, 11) is 0. The zero-order chi connectivity index (χ0) is 22.3. The highest BCUT2D eigenvalue weighted by molar-refractivity contribution is 7.80. The van der Waals surface area contributed by atoms with Gasteiger partial charge >= 0.3 is 0 Å². The molecule has 1 fully saturated rings. The van der Waals surface area contributed by atoms with E-state index in [1.54, 1.807) is 0 Å². The number of fused-ring (bicyclic) bond motifs is 1. The van der Waals surface area contributed by atoms with Crippen molar-refractivity contribution >= 4 is 28.7 Å². The summed E-state index contributed by atoms with van der Waals surface area (Å²) in [5.74, 6) is 3.03. The number of nitrogens with zero attached hydrogens (tertiary/aromatic N) is 1. The summed E-state index contributed by atoms with van der Waals surface area (Å²) in [6.45, 7) is 8.88. The van der Waals surface area contributed by atoms with Crippen LogP contribution in [0.1, 0.15) is 19.4 Å². The molecule has 1 saturated heterocycles. The van der Waals surface area contributed by atoms with Crippen molar-refractivity contribution in [2.24, 2.45) is 0 Å². The second kappa shape index (κ2) is 10.6. The van der Waals surface area contributed by atoms with E-state index in [-0.39, 0.29) is 6.79 Å². The predicted molar refractivity (Wildman–Crippen MR) is 127 cm³/mol. The van der Waals surface area contributed by atoms with Crippen LogP contribution in [0.5, 0.6) is 23.0 Å². The molecule has 2 aliphatic heterocycles. The highest BCUT2D eigenvalue weighted by atomic mass is 32.1. The van der Waals surface area contributed by atoms with Crippen molar-refractivity contribution in [3.63, 3.8) is 0 Å². The Labute approximate surface area is 193 Å². The van der Waals surface area contributed by atoms with Gasteiger partial charge in [0, 0.05) is 31.8 Å². The highest BCUT2D eigenvalue weighted by Crippen LogP contribution is 2.39. The van der Waals surface area contributed by atoms with E-state index in [9.17, 15) is 0 Å². The van der Waals surface area contributed by atoms with Crippen LogP contribution < -0.4 is 34.5 Å². The van der Waals surface area contributed by atoms with Crippen molar-refractivity contribution in [2.45, 2.75) is 20.4 Å². The Hall–Kier alpha value is -2.91. The smallest absolute Gasteiger partial charge is 0.231 e. The van der Waals surface area contributed by atoms with E-state index < -0.39 is 0 Å². The maximum Gasteiger partial charge on any atom is 0.231 e. The van der Waals surface area contributed by atoms with Gasteiger partial charge in [-0.3, -0.25) is 0 Å². The molecule has 0 aromatic heterocycles. The Bertz CT molecular complexity index is 949. The second-order valence-corrected chi connectivity index (χ2v) is 7.69. The Kier molecular flexibility index (Phi) is 7.39. The molecular weight excluding hydrogens is 430 g/mol. The van der Waals surface area contributed by atoms with Gasteiger partial charge in [-0.05, 0) is 43.8 Å². The van der Waals surface area contributed by atoms with Crippen LogP contribution in [-0.2, 0) is 11.3 Å². The molecule has 8 nitrogen and oxygen atoms in total. The van der Waals surface area contributed by atoms with Crippen LogP contribution >= 0.6 is 12.2 Å². The van der Waals surface area contributed by atoms with E-state index in [0.29, 0.717) is 38.1 Å². The molecule has 0 aliphatic carbocycles. The first-order chi connectivity index (χ1) is 15.7. The average molecular weight is 460 g/mol. The topological polar surface area (TPSA) is 73.5 Å². The fourth-order valence-electron chi connectivity index (χ4n) is 3.64. The molecule has 2 heterocycles. The maximum absolute atomic E-state index is 5.95. The van der Waals surface area contributed by atoms with E-state index in [0.717, 1.165) is 53.0 Å². The third kappa shape index (κ3) is 5.28. The monoisotopic (exact) mass is 459 g/mol. The Balaban J connectivity index is 1.48. The summed E-state index contributed by atoms with van der Waals surface area (Å²) in [6.07, 6.45) is 0. The summed E-state index contributed by atoms with van der Waals surface area (Å²) in [4.78, 5) is 2.26. The van der Waals surface area contributed by atoms with Crippen LogP contribution in [0.2, 0.25) is 0 Å². The van der Waals surface area contributed by atoms with Crippen LogP contribution in [0.4, 0.5) is 11.4 Å². The number of nitrogens with one attached hydrogen (secondary N) is 2. The summed E-state index contributed by atoms with van der Waals surface area (Å²) in [6, 6.07) is 9.81. The van der Waals surface area contributed by atoms with Gasteiger partial charge in [0.25, 0.3) is 0 Å². The third-order valence-electron chi connectivity index (χ3n) is 5.15. The van der Waals surface area contributed by atoms with Gasteiger partial charge < -0.3 is 39.2 Å². The minimum Gasteiger partial charge on any atom is -0.492 e. The first kappa shape index (κ1) is 22.3. The van der Waals surface area contributed by atoms with Crippen LogP contribution in [0.3, 0.4) is 0 Å². The van der Waals surface area contributed by atoms with Gasteiger partial charge in [-0.25, -0.2) is 0 Å². The quantitative estimate of drug-likeness (QED) is 0.577. The molecule has 2 aromatic carbocycles. The van der Waals surface area contributed by atoms with E-state index in [4.69, 9.17) is 35.9 Å². The Morgan fingerprint density at radius 2 is 1.75 bits per heavy atom. The number of rotatable bonds is 8. The third-order valence-corrected chi connectivity index (χ3v) is 5.40. The first-order valence-corrected chi connectivity index (χ1v) is 11.3. The standard InChI is InChI=1S/C23H29N3O5S/c1-3-28-20-13-18(26-7-9-27-10-8-26)21(29-4-2)12-17(20)25-23(32)24-14-16-5-6-19-22(11-16)31-15-30-19/h5-6,11-13H,3-4,7-10,14-15H2,1-2H3,(H2,24,25,32). The minimum atomic E-state index is 0.259. The summed E-state index contributed by atoms with van der Waals surface area (Å²) < 4.78 is 28.2. The number of ether oxygens (including phenoxy) is 5.